The maximum absolute atomic E-state index is 15.0. The van der Waals surface area contributed by atoms with Gasteiger partial charge in [0.2, 0.25) is 5.96 Å². The van der Waals surface area contributed by atoms with Gasteiger partial charge >= 0.3 is 12.1 Å². The molecule has 1 aliphatic carbocycles. The molecule has 2 aliphatic rings. The normalized spacial score (nSPS) is 14.5. The Morgan fingerprint density at radius 2 is 1.34 bits per heavy atom. The first-order chi connectivity index (χ1) is 33.5. The zero-order valence-corrected chi connectivity index (χ0v) is 41.1. The second-order valence-electron chi connectivity index (χ2n) is 18.4. The molecule has 8 rings (SSSR count). The highest BCUT2D eigenvalue weighted by Gasteiger charge is 2.43. The van der Waals surface area contributed by atoms with Gasteiger partial charge in [0.1, 0.15) is 24.0 Å². The number of carbonyl (C=O) groups is 3. The summed E-state index contributed by atoms with van der Waals surface area (Å²) in [5.41, 5.74) is 13.5. The lowest BCUT2D eigenvalue weighted by atomic mass is 9.79. The van der Waals surface area contributed by atoms with Crippen molar-refractivity contribution >= 4 is 34.0 Å². The highest BCUT2D eigenvalue weighted by Crippen LogP contribution is 2.46. The Bertz CT molecular complexity index is 2980. The third-order valence-electron chi connectivity index (χ3n) is 13.4. The van der Waals surface area contributed by atoms with Crippen molar-refractivity contribution in [3.8, 4) is 16.9 Å². The average Bonchev–Trinajstić information content (AvgIpc) is 3.68. The molecule has 0 aromatic heterocycles. The molecule has 0 radical (unpaired) electrons. The number of alkyl carbamates (subject to hydrolysis) is 1. The summed E-state index contributed by atoms with van der Waals surface area (Å²) in [6.45, 7) is 9.42. The van der Waals surface area contributed by atoms with Crippen molar-refractivity contribution in [2.45, 2.75) is 88.4 Å². The number of sulfonamides is 1. The molecule has 6 aromatic carbocycles. The predicted octanol–water partition coefficient (Wildman–Crippen LogP) is 8.89. The van der Waals surface area contributed by atoms with E-state index >= 15 is 4.79 Å². The number of ether oxygens (including phenoxy) is 3. The molecule has 6 aromatic rings. The Balaban J connectivity index is 1.07. The summed E-state index contributed by atoms with van der Waals surface area (Å²) in [6, 6.07) is 40.0. The van der Waals surface area contributed by atoms with Gasteiger partial charge in [-0.1, -0.05) is 121 Å². The van der Waals surface area contributed by atoms with Gasteiger partial charge in [0, 0.05) is 41.8 Å². The summed E-state index contributed by atoms with van der Waals surface area (Å²) in [5, 5.41) is 5.45. The fraction of sp³-hybridized carbons (Fsp3) is 0.286. The van der Waals surface area contributed by atoms with Gasteiger partial charge in [0.25, 0.3) is 15.9 Å². The number of carbonyl (C=O) groups excluding carboxylic acids is 3. The van der Waals surface area contributed by atoms with Crippen molar-refractivity contribution in [1.29, 1.82) is 0 Å². The SMILES string of the molecule is CNC(=O)c1ccc(C(OC(=O)[C@H](CCCN=C(N)NS(=O)(=O)c2c(C)c(C)c3c(c2C)CCC(C)(C)O3)NC(=O)OCC2c3ccccc3-c3ccccc32)(c2ccccc2)c2ccccc2)cc1. The molecule has 1 aliphatic heterocycles. The van der Waals surface area contributed by atoms with Gasteiger partial charge in [-0.2, -0.15) is 0 Å². The third kappa shape index (κ3) is 9.86. The number of hydrogen-bond acceptors (Lipinski definition) is 9. The van der Waals surface area contributed by atoms with Crippen LogP contribution in [0.15, 0.2) is 143 Å². The fourth-order valence-electron chi connectivity index (χ4n) is 9.74. The third-order valence-corrected chi connectivity index (χ3v) is 15.1. The number of rotatable bonds is 15. The van der Waals surface area contributed by atoms with Gasteiger partial charge in [0.15, 0.2) is 5.60 Å². The number of aliphatic imine (C=N–C) groups is 1. The number of hydrogen-bond donors (Lipinski definition) is 4. The molecule has 70 heavy (non-hydrogen) atoms. The van der Waals surface area contributed by atoms with Gasteiger partial charge in [-0.05, 0) is 117 Å². The molecule has 14 heteroatoms. The monoisotopic (exact) mass is 961 g/mol. The van der Waals surface area contributed by atoms with E-state index in [1.54, 1.807) is 45.2 Å². The van der Waals surface area contributed by atoms with Crippen molar-refractivity contribution in [3.63, 3.8) is 0 Å². The highest BCUT2D eigenvalue weighted by atomic mass is 32.2. The van der Waals surface area contributed by atoms with E-state index in [0.29, 0.717) is 39.8 Å². The van der Waals surface area contributed by atoms with Crippen LogP contribution in [0.3, 0.4) is 0 Å². The maximum Gasteiger partial charge on any atom is 0.407 e. The minimum absolute atomic E-state index is 0.000405. The van der Waals surface area contributed by atoms with E-state index < -0.39 is 33.7 Å². The Morgan fingerprint density at radius 1 is 0.786 bits per heavy atom. The van der Waals surface area contributed by atoms with E-state index in [9.17, 15) is 18.0 Å². The van der Waals surface area contributed by atoms with Gasteiger partial charge in [0.05, 0.1) is 4.90 Å². The number of amides is 2. The quantitative estimate of drug-likeness (QED) is 0.0256. The van der Waals surface area contributed by atoms with E-state index in [0.717, 1.165) is 45.6 Å². The molecule has 1 heterocycles. The predicted molar refractivity (Wildman–Crippen MR) is 270 cm³/mol. The van der Waals surface area contributed by atoms with E-state index in [-0.39, 0.29) is 54.3 Å². The van der Waals surface area contributed by atoms with Crippen molar-refractivity contribution in [1.82, 2.24) is 15.4 Å². The first-order valence-corrected chi connectivity index (χ1v) is 25.0. The minimum atomic E-state index is -4.18. The second-order valence-corrected chi connectivity index (χ2v) is 20.0. The highest BCUT2D eigenvalue weighted by molar-refractivity contribution is 7.90. The van der Waals surface area contributed by atoms with Crippen molar-refractivity contribution in [3.05, 3.63) is 189 Å². The van der Waals surface area contributed by atoms with Gasteiger partial charge < -0.3 is 30.6 Å². The summed E-state index contributed by atoms with van der Waals surface area (Å²) in [6.07, 6.45) is 0.729. The Morgan fingerprint density at radius 3 is 1.93 bits per heavy atom. The number of guanidine groups is 1. The molecule has 0 unspecified atom stereocenters. The second kappa shape index (κ2) is 20.3. The maximum atomic E-state index is 15.0. The largest absolute Gasteiger partial charge is 0.487 e. The molecule has 0 bridgehead atoms. The minimum Gasteiger partial charge on any atom is -0.487 e. The van der Waals surface area contributed by atoms with Crippen molar-refractivity contribution < 1.29 is 37.0 Å². The average molecular weight is 962 g/mol. The summed E-state index contributed by atoms with van der Waals surface area (Å²) < 4.78 is 49.5. The number of nitrogens with one attached hydrogen (secondary N) is 3. The molecule has 0 spiro atoms. The van der Waals surface area contributed by atoms with Crippen LogP contribution in [-0.4, -0.2) is 64.2 Å². The summed E-state index contributed by atoms with van der Waals surface area (Å²) in [7, 11) is -2.63. The summed E-state index contributed by atoms with van der Waals surface area (Å²) >= 11 is 0. The first-order valence-electron chi connectivity index (χ1n) is 23.5. The van der Waals surface area contributed by atoms with Crippen molar-refractivity contribution in [2.75, 3.05) is 20.2 Å². The van der Waals surface area contributed by atoms with E-state index in [4.69, 9.17) is 19.9 Å². The Hall–Kier alpha value is -7.45. The summed E-state index contributed by atoms with van der Waals surface area (Å²) in [5.74, 6) is -0.909. The van der Waals surface area contributed by atoms with Crippen LogP contribution in [0.2, 0.25) is 0 Å². The molecule has 0 saturated heterocycles. The van der Waals surface area contributed by atoms with Crippen LogP contribution in [0.4, 0.5) is 4.79 Å². The fourth-order valence-corrected chi connectivity index (χ4v) is 11.3. The van der Waals surface area contributed by atoms with Crippen LogP contribution in [0.5, 0.6) is 5.75 Å². The first kappa shape index (κ1) is 49.0. The zero-order valence-electron chi connectivity index (χ0n) is 40.3. The number of esters is 1. The van der Waals surface area contributed by atoms with Crippen LogP contribution in [0, 0.1) is 20.8 Å². The molecule has 362 valence electrons. The van der Waals surface area contributed by atoms with Crippen LogP contribution in [-0.2, 0) is 36.3 Å². The zero-order chi connectivity index (χ0) is 49.8. The Kier molecular flexibility index (Phi) is 14.2. The molecular weight excluding hydrogens is 903 g/mol. The van der Waals surface area contributed by atoms with E-state index in [2.05, 4.69) is 20.3 Å². The van der Waals surface area contributed by atoms with Crippen LogP contribution in [0.1, 0.15) is 99.5 Å². The van der Waals surface area contributed by atoms with E-state index in [1.807, 2.05) is 130 Å². The number of benzene rings is 6. The van der Waals surface area contributed by atoms with Gasteiger partial charge in [-0.25, -0.2) is 22.7 Å². The molecule has 0 saturated carbocycles. The summed E-state index contributed by atoms with van der Waals surface area (Å²) in [4.78, 5) is 46.1. The number of nitrogens with two attached hydrogens (primary N) is 1. The molecule has 1 atom stereocenters. The standard InChI is InChI=1S/C56H59N5O8S/c1-35-36(2)50(37(3)42-31-32-55(4,5)68-49(35)42)70(65,66)61-53(57)59-33-17-26-48(60-54(64)67-34-47-45-24-15-13-22-43(45)44-23-14-16-25-46(44)47)52(63)69-56(39-18-9-7-10-19-39,40-20-11-8-12-21-40)41-29-27-38(28-30-41)51(62)58-6/h7-16,18-25,27-30,47-48H,17,26,31-34H2,1-6H3,(H,58,62)(H,60,64)(H3,57,59,61)/t48-/m0/s1. The smallest absolute Gasteiger partial charge is 0.407 e. The van der Waals surface area contributed by atoms with E-state index in [1.165, 1.54) is 0 Å². The number of fused-ring (bicyclic) bond motifs is 4. The lowest BCUT2D eigenvalue weighted by Crippen LogP contribution is -2.46. The lowest BCUT2D eigenvalue weighted by molar-refractivity contribution is -0.156. The Labute approximate surface area is 409 Å². The number of nitrogens with zero attached hydrogens (tertiary/aromatic N) is 1. The molecular formula is C56H59N5O8S. The lowest BCUT2D eigenvalue weighted by Gasteiger charge is -2.36. The molecule has 13 nitrogen and oxygen atoms in total. The topological polar surface area (TPSA) is 188 Å². The van der Waals surface area contributed by atoms with Crippen LogP contribution >= 0.6 is 0 Å². The van der Waals surface area contributed by atoms with Gasteiger partial charge in [-0.15, -0.1) is 0 Å². The van der Waals surface area contributed by atoms with Crippen LogP contribution < -0.4 is 25.8 Å². The van der Waals surface area contributed by atoms with Gasteiger partial charge in [-0.3, -0.25) is 9.79 Å². The van der Waals surface area contributed by atoms with Crippen molar-refractivity contribution in [2.24, 2.45) is 10.7 Å². The van der Waals surface area contributed by atoms with Crippen LogP contribution in [0.25, 0.3) is 11.1 Å². The molecule has 2 amide bonds. The molecule has 0 fully saturated rings. The molecule has 5 N–H and O–H groups in total.